The van der Waals surface area contributed by atoms with Crippen LogP contribution in [-0.2, 0) is 6.42 Å². The lowest BCUT2D eigenvalue weighted by Gasteiger charge is -2.12. The van der Waals surface area contributed by atoms with Gasteiger partial charge in [-0.25, -0.2) is 0 Å². The van der Waals surface area contributed by atoms with Crippen molar-refractivity contribution < 1.29 is 9.53 Å². The van der Waals surface area contributed by atoms with Gasteiger partial charge < -0.3 is 10.1 Å². The molecule has 0 spiro atoms. The third-order valence-electron chi connectivity index (χ3n) is 3.30. The number of methoxy groups -OCH3 is 1. The fourth-order valence-corrected chi connectivity index (χ4v) is 2.56. The number of hydrogen-bond donors (Lipinski definition) is 1. The number of carbonyl (C=O) groups excluding carboxylic acids is 1. The number of amides is 1. The first-order valence-electron chi connectivity index (χ1n) is 6.80. The predicted octanol–water partition coefficient (Wildman–Crippen LogP) is 4.23. The number of thioether (sulfide) groups is 1. The summed E-state index contributed by atoms with van der Waals surface area (Å²) in [7, 11) is 1.58. The minimum atomic E-state index is -0.152. The molecule has 2 aromatic rings. The third kappa shape index (κ3) is 3.58. The standard InChI is InChI=1S/C17H19NO2S/c1-4-12-7-5-6-8-15(12)18-17(19)14-10-9-13(21-3)11-16(14)20-2/h5-11H,4H2,1-3H3,(H,18,19). The van der Waals surface area contributed by atoms with Crippen LogP contribution in [0, 0.1) is 0 Å². The van der Waals surface area contributed by atoms with Gasteiger partial charge in [-0.2, -0.15) is 0 Å². The summed E-state index contributed by atoms with van der Waals surface area (Å²) < 4.78 is 5.33. The number of carbonyl (C=O) groups is 1. The van der Waals surface area contributed by atoms with Gasteiger partial charge in [0.05, 0.1) is 12.7 Å². The lowest BCUT2D eigenvalue weighted by molar-refractivity contribution is 0.102. The summed E-state index contributed by atoms with van der Waals surface area (Å²) in [5.41, 5.74) is 2.51. The van der Waals surface area contributed by atoms with Crippen molar-refractivity contribution in [1.82, 2.24) is 0 Å². The fourth-order valence-electron chi connectivity index (χ4n) is 2.13. The zero-order valence-corrected chi connectivity index (χ0v) is 13.3. The Morgan fingerprint density at radius 3 is 2.67 bits per heavy atom. The third-order valence-corrected chi connectivity index (χ3v) is 4.03. The second-order valence-corrected chi connectivity index (χ2v) is 5.41. The van der Waals surface area contributed by atoms with Crippen molar-refractivity contribution >= 4 is 23.4 Å². The van der Waals surface area contributed by atoms with Gasteiger partial charge in [-0.1, -0.05) is 25.1 Å². The maximum absolute atomic E-state index is 12.5. The Morgan fingerprint density at radius 2 is 2.00 bits per heavy atom. The molecule has 3 nitrogen and oxygen atoms in total. The highest BCUT2D eigenvalue weighted by Crippen LogP contribution is 2.26. The van der Waals surface area contributed by atoms with Crippen LogP contribution >= 0.6 is 11.8 Å². The highest BCUT2D eigenvalue weighted by Gasteiger charge is 2.14. The van der Waals surface area contributed by atoms with E-state index in [1.807, 2.05) is 42.7 Å². The van der Waals surface area contributed by atoms with Crippen molar-refractivity contribution in [2.45, 2.75) is 18.2 Å². The van der Waals surface area contributed by atoms with Gasteiger partial charge in [0.2, 0.25) is 0 Å². The number of para-hydroxylation sites is 1. The number of nitrogens with one attached hydrogen (secondary N) is 1. The molecule has 0 aliphatic heterocycles. The zero-order valence-electron chi connectivity index (χ0n) is 12.5. The molecule has 1 amide bonds. The molecule has 0 aliphatic rings. The lowest BCUT2D eigenvalue weighted by atomic mass is 10.1. The van der Waals surface area contributed by atoms with Gasteiger partial charge in [-0.3, -0.25) is 4.79 Å². The van der Waals surface area contributed by atoms with E-state index in [9.17, 15) is 4.79 Å². The second kappa shape index (κ2) is 7.18. The monoisotopic (exact) mass is 301 g/mol. The summed E-state index contributed by atoms with van der Waals surface area (Å²) in [5.74, 6) is 0.439. The van der Waals surface area contributed by atoms with Crippen LogP contribution in [0.2, 0.25) is 0 Å². The largest absolute Gasteiger partial charge is 0.496 e. The molecule has 0 aromatic heterocycles. The van der Waals surface area contributed by atoms with Crippen molar-refractivity contribution in [3.63, 3.8) is 0 Å². The van der Waals surface area contributed by atoms with E-state index in [1.165, 1.54) is 0 Å². The van der Waals surface area contributed by atoms with E-state index in [2.05, 4.69) is 12.2 Å². The Kier molecular flexibility index (Phi) is 5.28. The van der Waals surface area contributed by atoms with E-state index in [1.54, 1.807) is 24.9 Å². The molecule has 0 aliphatic carbocycles. The van der Waals surface area contributed by atoms with Crippen LogP contribution < -0.4 is 10.1 Å². The van der Waals surface area contributed by atoms with Crippen LogP contribution in [0.3, 0.4) is 0 Å². The molecule has 0 heterocycles. The van der Waals surface area contributed by atoms with Gasteiger partial charge in [0, 0.05) is 10.6 Å². The first-order chi connectivity index (χ1) is 10.2. The molecule has 2 aromatic carbocycles. The molecule has 21 heavy (non-hydrogen) atoms. The number of aryl methyl sites for hydroxylation is 1. The van der Waals surface area contributed by atoms with Crippen molar-refractivity contribution in [1.29, 1.82) is 0 Å². The summed E-state index contributed by atoms with van der Waals surface area (Å²) in [5, 5.41) is 2.96. The Balaban J connectivity index is 2.28. The molecule has 0 saturated heterocycles. The minimum absolute atomic E-state index is 0.152. The Hall–Kier alpha value is -1.94. The van der Waals surface area contributed by atoms with Gasteiger partial charge >= 0.3 is 0 Å². The SMILES string of the molecule is CCc1ccccc1NC(=O)c1ccc(SC)cc1OC. The number of hydrogen-bond acceptors (Lipinski definition) is 3. The van der Waals surface area contributed by atoms with Crippen molar-refractivity contribution in [3.05, 3.63) is 53.6 Å². The minimum Gasteiger partial charge on any atom is -0.496 e. The van der Waals surface area contributed by atoms with Crippen molar-refractivity contribution in [2.75, 3.05) is 18.7 Å². The molecule has 2 rings (SSSR count). The Labute approximate surface area is 129 Å². The molecular weight excluding hydrogens is 282 g/mol. The quantitative estimate of drug-likeness (QED) is 0.840. The van der Waals surface area contributed by atoms with E-state index in [-0.39, 0.29) is 5.91 Å². The first-order valence-corrected chi connectivity index (χ1v) is 8.03. The second-order valence-electron chi connectivity index (χ2n) is 4.53. The fraction of sp³-hybridized carbons (Fsp3) is 0.235. The van der Waals surface area contributed by atoms with E-state index >= 15 is 0 Å². The van der Waals surface area contributed by atoms with Crippen LogP contribution in [0.4, 0.5) is 5.69 Å². The van der Waals surface area contributed by atoms with Gasteiger partial charge in [-0.15, -0.1) is 11.8 Å². The van der Waals surface area contributed by atoms with E-state index in [0.717, 1.165) is 22.6 Å². The lowest BCUT2D eigenvalue weighted by Crippen LogP contribution is -2.14. The maximum Gasteiger partial charge on any atom is 0.259 e. The summed E-state index contributed by atoms with van der Waals surface area (Å²) in [4.78, 5) is 13.5. The van der Waals surface area contributed by atoms with Gasteiger partial charge in [0.25, 0.3) is 5.91 Å². The molecule has 0 unspecified atom stereocenters. The van der Waals surface area contributed by atoms with Crippen LogP contribution in [0.5, 0.6) is 5.75 Å². The highest BCUT2D eigenvalue weighted by molar-refractivity contribution is 7.98. The summed E-state index contributed by atoms with van der Waals surface area (Å²) in [6.07, 6.45) is 2.87. The van der Waals surface area contributed by atoms with Gasteiger partial charge in [0.1, 0.15) is 5.75 Å². The topological polar surface area (TPSA) is 38.3 Å². The number of benzene rings is 2. The molecule has 0 fully saturated rings. The van der Waals surface area contributed by atoms with Crippen LogP contribution in [0.1, 0.15) is 22.8 Å². The van der Waals surface area contributed by atoms with E-state index in [0.29, 0.717) is 11.3 Å². The maximum atomic E-state index is 12.5. The van der Waals surface area contributed by atoms with Crippen molar-refractivity contribution in [2.24, 2.45) is 0 Å². The smallest absolute Gasteiger partial charge is 0.259 e. The zero-order chi connectivity index (χ0) is 15.2. The average molecular weight is 301 g/mol. The summed E-state index contributed by atoms with van der Waals surface area (Å²) in [6.45, 7) is 2.07. The van der Waals surface area contributed by atoms with Gasteiger partial charge in [0.15, 0.2) is 0 Å². The van der Waals surface area contributed by atoms with Gasteiger partial charge in [-0.05, 0) is 42.5 Å². The highest BCUT2D eigenvalue weighted by atomic mass is 32.2. The van der Waals surface area contributed by atoms with E-state index < -0.39 is 0 Å². The normalized spacial score (nSPS) is 10.2. The molecule has 110 valence electrons. The molecule has 0 saturated carbocycles. The molecule has 4 heteroatoms. The molecular formula is C17H19NO2S. The summed E-state index contributed by atoms with van der Waals surface area (Å²) >= 11 is 1.62. The number of ether oxygens (including phenoxy) is 1. The Bertz CT molecular complexity index is 640. The molecule has 1 N–H and O–H groups in total. The molecule has 0 bridgehead atoms. The molecule has 0 radical (unpaired) electrons. The number of anilines is 1. The molecule has 0 atom stereocenters. The Morgan fingerprint density at radius 1 is 1.24 bits per heavy atom. The summed E-state index contributed by atoms with van der Waals surface area (Å²) in [6, 6.07) is 13.4. The average Bonchev–Trinajstić information content (AvgIpc) is 2.54. The number of rotatable bonds is 5. The van der Waals surface area contributed by atoms with Crippen LogP contribution in [0.15, 0.2) is 47.4 Å². The first kappa shape index (κ1) is 15.4. The predicted molar refractivity (Wildman–Crippen MR) is 88.5 cm³/mol. The van der Waals surface area contributed by atoms with Crippen LogP contribution in [0.25, 0.3) is 0 Å². The van der Waals surface area contributed by atoms with Crippen LogP contribution in [-0.4, -0.2) is 19.3 Å². The van der Waals surface area contributed by atoms with Crippen molar-refractivity contribution in [3.8, 4) is 5.75 Å². The van der Waals surface area contributed by atoms with E-state index in [4.69, 9.17) is 4.74 Å².